The SMILES string of the molecule is CCCOc1ccc(Oc2ccc(N)c(N)n2)cc1. The molecule has 0 aliphatic heterocycles. The van der Waals surface area contributed by atoms with Crippen molar-refractivity contribution in [3.63, 3.8) is 0 Å². The van der Waals surface area contributed by atoms with Crippen molar-refractivity contribution in [2.24, 2.45) is 0 Å². The van der Waals surface area contributed by atoms with Crippen LogP contribution in [0.25, 0.3) is 0 Å². The molecule has 19 heavy (non-hydrogen) atoms. The smallest absolute Gasteiger partial charge is 0.221 e. The molecule has 100 valence electrons. The molecule has 0 aliphatic rings. The van der Waals surface area contributed by atoms with Gasteiger partial charge < -0.3 is 20.9 Å². The van der Waals surface area contributed by atoms with E-state index in [1.54, 1.807) is 12.1 Å². The van der Waals surface area contributed by atoms with E-state index in [0.717, 1.165) is 12.2 Å². The fourth-order valence-electron chi connectivity index (χ4n) is 1.47. The third kappa shape index (κ3) is 3.51. The van der Waals surface area contributed by atoms with Crippen LogP contribution < -0.4 is 20.9 Å². The van der Waals surface area contributed by atoms with Gasteiger partial charge in [0, 0.05) is 6.07 Å². The Morgan fingerprint density at radius 3 is 2.32 bits per heavy atom. The van der Waals surface area contributed by atoms with Gasteiger partial charge in [-0.15, -0.1) is 0 Å². The van der Waals surface area contributed by atoms with E-state index in [1.165, 1.54) is 0 Å². The van der Waals surface area contributed by atoms with Gasteiger partial charge in [0.15, 0.2) is 5.82 Å². The maximum atomic E-state index is 5.62. The van der Waals surface area contributed by atoms with Gasteiger partial charge in [-0.3, -0.25) is 0 Å². The Bertz CT molecular complexity index is 541. The summed E-state index contributed by atoms with van der Waals surface area (Å²) in [5.41, 5.74) is 11.6. The number of anilines is 2. The van der Waals surface area contributed by atoms with Crippen LogP contribution in [0.1, 0.15) is 13.3 Å². The third-order valence-electron chi connectivity index (χ3n) is 2.45. The topological polar surface area (TPSA) is 83.4 Å². The van der Waals surface area contributed by atoms with Crippen LogP contribution in [-0.4, -0.2) is 11.6 Å². The molecule has 5 heteroatoms. The lowest BCUT2D eigenvalue weighted by atomic mass is 10.3. The highest BCUT2D eigenvalue weighted by atomic mass is 16.5. The summed E-state index contributed by atoms with van der Waals surface area (Å²) in [6.07, 6.45) is 0.979. The number of nitrogen functional groups attached to an aromatic ring is 2. The van der Waals surface area contributed by atoms with Crippen LogP contribution in [0.4, 0.5) is 11.5 Å². The lowest BCUT2D eigenvalue weighted by molar-refractivity contribution is 0.317. The molecule has 1 heterocycles. The molecule has 0 atom stereocenters. The zero-order valence-electron chi connectivity index (χ0n) is 10.8. The quantitative estimate of drug-likeness (QED) is 0.862. The summed E-state index contributed by atoms with van der Waals surface area (Å²) in [4.78, 5) is 4.04. The van der Waals surface area contributed by atoms with Gasteiger partial charge >= 0.3 is 0 Å². The summed E-state index contributed by atoms with van der Waals surface area (Å²) in [7, 11) is 0. The van der Waals surface area contributed by atoms with Gasteiger partial charge in [0.25, 0.3) is 0 Å². The predicted octanol–water partition coefficient (Wildman–Crippen LogP) is 2.83. The first-order valence-electron chi connectivity index (χ1n) is 6.11. The van der Waals surface area contributed by atoms with Crippen LogP contribution in [0.15, 0.2) is 36.4 Å². The Balaban J connectivity index is 2.04. The minimum absolute atomic E-state index is 0.264. The molecule has 1 aromatic heterocycles. The average molecular weight is 259 g/mol. The van der Waals surface area contributed by atoms with Crippen LogP contribution in [0.2, 0.25) is 0 Å². The van der Waals surface area contributed by atoms with Crippen LogP contribution in [0.5, 0.6) is 17.4 Å². The summed E-state index contributed by atoms with van der Waals surface area (Å²) in [6, 6.07) is 10.7. The van der Waals surface area contributed by atoms with Gasteiger partial charge in [-0.1, -0.05) is 6.92 Å². The number of hydrogen-bond donors (Lipinski definition) is 2. The van der Waals surface area contributed by atoms with E-state index >= 15 is 0 Å². The number of rotatable bonds is 5. The van der Waals surface area contributed by atoms with Crippen molar-refractivity contribution in [2.45, 2.75) is 13.3 Å². The second kappa shape index (κ2) is 5.95. The molecule has 0 unspecified atom stereocenters. The van der Waals surface area contributed by atoms with Crippen LogP contribution in [0.3, 0.4) is 0 Å². The zero-order chi connectivity index (χ0) is 13.7. The molecule has 4 N–H and O–H groups in total. The van der Waals surface area contributed by atoms with Crippen LogP contribution in [0, 0.1) is 0 Å². The lowest BCUT2D eigenvalue weighted by Gasteiger charge is -2.08. The first kappa shape index (κ1) is 13.0. The molecular formula is C14H17N3O2. The minimum Gasteiger partial charge on any atom is -0.494 e. The average Bonchev–Trinajstić information content (AvgIpc) is 2.42. The van der Waals surface area contributed by atoms with Gasteiger partial charge in [0.2, 0.25) is 5.88 Å². The third-order valence-corrected chi connectivity index (χ3v) is 2.45. The van der Waals surface area contributed by atoms with E-state index in [-0.39, 0.29) is 5.82 Å². The van der Waals surface area contributed by atoms with E-state index in [9.17, 15) is 0 Å². The minimum atomic E-state index is 0.264. The van der Waals surface area contributed by atoms with E-state index in [4.69, 9.17) is 20.9 Å². The van der Waals surface area contributed by atoms with Crippen LogP contribution >= 0.6 is 0 Å². The zero-order valence-corrected chi connectivity index (χ0v) is 10.8. The Hall–Kier alpha value is -2.43. The second-order valence-corrected chi connectivity index (χ2v) is 4.05. The number of pyridine rings is 1. The molecule has 1 aromatic carbocycles. The van der Waals surface area contributed by atoms with Gasteiger partial charge in [-0.05, 0) is 36.8 Å². The van der Waals surface area contributed by atoms with E-state index in [2.05, 4.69) is 11.9 Å². The van der Waals surface area contributed by atoms with Crippen molar-refractivity contribution in [1.29, 1.82) is 0 Å². The predicted molar refractivity (Wildman–Crippen MR) is 75.4 cm³/mol. The molecule has 0 aliphatic carbocycles. The van der Waals surface area contributed by atoms with Crippen LogP contribution in [-0.2, 0) is 0 Å². The van der Waals surface area contributed by atoms with Crippen molar-refractivity contribution in [1.82, 2.24) is 4.98 Å². The first-order valence-corrected chi connectivity index (χ1v) is 6.11. The second-order valence-electron chi connectivity index (χ2n) is 4.05. The van der Waals surface area contributed by atoms with Crippen molar-refractivity contribution in [3.05, 3.63) is 36.4 Å². The van der Waals surface area contributed by atoms with Crippen molar-refractivity contribution in [3.8, 4) is 17.4 Å². The van der Waals surface area contributed by atoms with E-state index in [1.807, 2.05) is 24.3 Å². The molecule has 0 radical (unpaired) electrons. The number of nitrogens with two attached hydrogens (primary N) is 2. The van der Waals surface area contributed by atoms with Crippen molar-refractivity contribution >= 4 is 11.5 Å². The normalized spacial score (nSPS) is 10.2. The summed E-state index contributed by atoms with van der Waals surface area (Å²) >= 11 is 0. The fourth-order valence-corrected chi connectivity index (χ4v) is 1.47. The largest absolute Gasteiger partial charge is 0.494 e. The fraction of sp³-hybridized carbons (Fsp3) is 0.214. The maximum Gasteiger partial charge on any atom is 0.221 e. The van der Waals surface area contributed by atoms with Gasteiger partial charge in [-0.25, -0.2) is 0 Å². The van der Waals surface area contributed by atoms with Crippen molar-refractivity contribution in [2.75, 3.05) is 18.1 Å². The van der Waals surface area contributed by atoms with E-state index in [0.29, 0.717) is 23.9 Å². The number of benzene rings is 1. The first-order chi connectivity index (χ1) is 9.19. The highest BCUT2D eigenvalue weighted by molar-refractivity contribution is 5.58. The molecule has 2 aromatic rings. The molecule has 2 rings (SSSR count). The molecule has 0 fully saturated rings. The maximum absolute atomic E-state index is 5.62. The van der Waals surface area contributed by atoms with Gasteiger partial charge in [0.05, 0.1) is 12.3 Å². The molecule has 0 bridgehead atoms. The Morgan fingerprint density at radius 2 is 1.68 bits per heavy atom. The summed E-state index contributed by atoms with van der Waals surface area (Å²) in [6.45, 7) is 2.77. The monoisotopic (exact) mass is 259 g/mol. The summed E-state index contributed by atoms with van der Waals surface area (Å²) < 4.78 is 11.1. The number of hydrogen-bond acceptors (Lipinski definition) is 5. The van der Waals surface area contributed by atoms with Gasteiger partial charge in [-0.2, -0.15) is 4.98 Å². The lowest BCUT2D eigenvalue weighted by Crippen LogP contribution is -1.99. The number of ether oxygens (including phenoxy) is 2. The highest BCUT2D eigenvalue weighted by Crippen LogP contribution is 2.24. The van der Waals surface area contributed by atoms with Crippen molar-refractivity contribution < 1.29 is 9.47 Å². The molecule has 0 saturated carbocycles. The molecule has 0 saturated heterocycles. The van der Waals surface area contributed by atoms with E-state index < -0.39 is 0 Å². The van der Waals surface area contributed by atoms with Gasteiger partial charge in [0.1, 0.15) is 11.5 Å². The summed E-state index contributed by atoms with van der Waals surface area (Å²) in [5, 5.41) is 0. The number of aromatic nitrogens is 1. The molecule has 0 amide bonds. The highest BCUT2D eigenvalue weighted by Gasteiger charge is 2.02. The molecular weight excluding hydrogens is 242 g/mol. The molecule has 0 spiro atoms. The standard InChI is InChI=1S/C14H17N3O2/c1-2-9-18-10-3-5-11(6-4-10)19-13-8-7-12(15)14(16)17-13/h3-8H,2,9,15H2,1H3,(H2,16,17). The Morgan fingerprint density at radius 1 is 1.00 bits per heavy atom. The number of nitrogens with zero attached hydrogens (tertiary/aromatic N) is 1. The molecule has 5 nitrogen and oxygen atoms in total. The summed E-state index contributed by atoms with van der Waals surface area (Å²) in [5.74, 6) is 2.16. The Kier molecular flexibility index (Phi) is 4.07. The Labute approximate surface area is 112 Å².